The molecule has 3 aromatic carbocycles. The number of hydrogen-bond donors (Lipinski definition) is 3. The van der Waals surface area contributed by atoms with Gasteiger partial charge in [0.2, 0.25) is 0 Å². The summed E-state index contributed by atoms with van der Waals surface area (Å²) in [5.74, 6) is -0.932. The van der Waals surface area contributed by atoms with Crippen LogP contribution in [0.15, 0.2) is 87.8 Å². The Labute approximate surface area is 186 Å². The molecule has 1 heterocycles. The number of hydrazone groups is 1. The summed E-state index contributed by atoms with van der Waals surface area (Å²) in [4.78, 5) is 30.0. The number of benzene rings is 3. The van der Waals surface area contributed by atoms with Crippen LogP contribution >= 0.6 is 11.8 Å². The number of aromatic nitrogens is 2. The standard InChI is InChI=1S/C23H18N4O4S/c28-19-11-10-15(12-20(19)29)13-24-26-21(30)14-32-23-25-18-9-5-4-8-17(18)22(31)27(23)16-6-2-1-3-7-16/h1-13,28-29H,14H2,(H,26,30). The van der Waals surface area contributed by atoms with Crippen molar-refractivity contribution in [3.63, 3.8) is 0 Å². The summed E-state index contributed by atoms with van der Waals surface area (Å²) >= 11 is 1.12. The highest BCUT2D eigenvalue weighted by Crippen LogP contribution is 2.24. The van der Waals surface area contributed by atoms with Gasteiger partial charge in [0.15, 0.2) is 16.7 Å². The highest BCUT2D eigenvalue weighted by molar-refractivity contribution is 7.99. The third kappa shape index (κ3) is 4.62. The molecule has 0 aliphatic carbocycles. The van der Waals surface area contributed by atoms with Crippen molar-refractivity contribution >= 4 is 34.8 Å². The lowest BCUT2D eigenvalue weighted by Gasteiger charge is -2.12. The van der Waals surface area contributed by atoms with Crippen molar-refractivity contribution in [1.82, 2.24) is 15.0 Å². The first-order valence-corrected chi connectivity index (χ1v) is 10.6. The Balaban J connectivity index is 1.53. The predicted octanol–water partition coefficient (Wildman–Crippen LogP) is 3.04. The van der Waals surface area contributed by atoms with Crippen LogP contribution < -0.4 is 11.0 Å². The van der Waals surface area contributed by atoms with Gasteiger partial charge in [0.1, 0.15) is 0 Å². The van der Waals surface area contributed by atoms with E-state index in [2.05, 4.69) is 15.5 Å². The minimum absolute atomic E-state index is 0.0181. The van der Waals surface area contributed by atoms with Crippen molar-refractivity contribution < 1.29 is 15.0 Å². The van der Waals surface area contributed by atoms with Gasteiger partial charge >= 0.3 is 0 Å². The fourth-order valence-corrected chi connectivity index (χ4v) is 3.78. The first-order chi connectivity index (χ1) is 15.5. The molecule has 0 bridgehead atoms. The van der Waals surface area contributed by atoms with Crippen molar-refractivity contribution in [2.75, 3.05) is 5.75 Å². The monoisotopic (exact) mass is 446 g/mol. The van der Waals surface area contributed by atoms with Crippen LogP contribution in [0.3, 0.4) is 0 Å². The number of aromatic hydroxyl groups is 2. The third-order valence-corrected chi connectivity index (χ3v) is 5.43. The molecular weight excluding hydrogens is 428 g/mol. The zero-order valence-electron chi connectivity index (χ0n) is 16.7. The summed E-state index contributed by atoms with van der Waals surface area (Å²) < 4.78 is 1.49. The van der Waals surface area contributed by atoms with Crippen LogP contribution in [0.1, 0.15) is 5.56 Å². The van der Waals surface area contributed by atoms with Gasteiger partial charge in [0, 0.05) is 0 Å². The molecular formula is C23H18N4O4S. The second-order valence-corrected chi connectivity index (χ2v) is 7.66. The van der Waals surface area contributed by atoms with Crippen molar-refractivity contribution in [2.45, 2.75) is 5.16 Å². The molecule has 4 rings (SSSR count). The van der Waals surface area contributed by atoms with Gasteiger partial charge < -0.3 is 10.2 Å². The summed E-state index contributed by atoms with van der Waals surface area (Å²) in [6.07, 6.45) is 1.34. The highest BCUT2D eigenvalue weighted by Gasteiger charge is 2.14. The van der Waals surface area contributed by atoms with Gasteiger partial charge in [-0.25, -0.2) is 10.4 Å². The summed E-state index contributed by atoms with van der Waals surface area (Å²) in [6.45, 7) is 0. The zero-order chi connectivity index (χ0) is 22.5. The summed E-state index contributed by atoms with van der Waals surface area (Å²) in [5.41, 5.74) is 3.90. The molecule has 3 N–H and O–H groups in total. The molecule has 1 aromatic heterocycles. The smallest absolute Gasteiger partial charge is 0.266 e. The lowest BCUT2D eigenvalue weighted by molar-refractivity contribution is -0.118. The average molecular weight is 446 g/mol. The Hall–Kier alpha value is -4.11. The number of nitrogens with one attached hydrogen (secondary N) is 1. The maximum atomic E-state index is 13.1. The Bertz CT molecular complexity index is 1370. The highest BCUT2D eigenvalue weighted by atomic mass is 32.2. The molecule has 32 heavy (non-hydrogen) atoms. The quantitative estimate of drug-likeness (QED) is 0.138. The van der Waals surface area contributed by atoms with E-state index in [9.17, 15) is 19.8 Å². The molecule has 0 saturated carbocycles. The van der Waals surface area contributed by atoms with Gasteiger partial charge in [0.05, 0.1) is 28.6 Å². The molecule has 0 aliphatic rings. The van der Waals surface area contributed by atoms with E-state index in [1.165, 1.54) is 29.0 Å². The van der Waals surface area contributed by atoms with Crippen LogP contribution in [-0.4, -0.2) is 37.6 Å². The fourth-order valence-electron chi connectivity index (χ4n) is 2.98. The molecule has 1 amide bonds. The maximum Gasteiger partial charge on any atom is 0.266 e. The maximum absolute atomic E-state index is 13.1. The lowest BCUT2D eigenvalue weighted by atomic mass is 10.2. The summed E-state index contributed by atoms with van der Waals surface area (Å²) in [7, 11) is 0. The number of amides is 1. The van der Waals surface area contributed by atoms with Gasteiger partial charge in [-0.05, 0) is 48.0 Å². The molecule has 0 atom stereocenters. The molecule has 0 aliphatic heterocycles. The van der Waals surface area contributed by atoms with Crippen LogP contribution in [0, 0.1) is 0 Å². The van der Waals surface area contributed by atoms with E-state index < -0.39 is 5.91 Å². The van der Waals surface area contributed by atoms with E-state index in [1.54, 1.807) is 36.4 Å². The Morgan fingerprint density at radius 3 is 2.56 bits per heavy atom. The van der Waals surface area contributed by atoms with Crippen LogP contribution in [-0.2, 0) is 4.79 Å². The average Bonchev–Trinajstić information content (AvgIpc) is 2.81. The third-order valence-electron chi connectivity index (χ3n) is 4.49. The van der Waals surface area contributed by atoms with Crippen molar-refractivity contribution in [3.8, 4) is 17.2 Å². The Morgan fingerprint density at radius 1 is 1.03 bits per heavy atom. The molecule has 9 heteroatoms. The Kier molecular flexibility index (Phi) is 6.18. The normalized spacial score (nSPS) is 11.1. The minimum Gasteiger partial charge on any atom is -0.504 e. The molecule has 0 saturated heterocycles. The van der Waals surface area contributed by atoms with E-state index >= 15 is 0 Å². The van der Waals surface area contributed by atoms with Crippen molar-refractivity contribution in [3.05, 3.63) is 88.7 Å². The lowest BCUT2D eigenvalue weighted by Crippen LogP contribution is -2.24. The first kappa shape index (κ1) is 21.1. The molecule has 160 valence electrons. The Morgan fingerprint density at radius 2 is 1.78 bits per heavy atom. The number of hydrogen-bond acceptors (Lipinski definition) is 7. The number of nitrogens with zero attached hydrogens (tertiary/aromatic N) is 3. The number of fused-ring (bicyclic) bond motifs is 1. The number of rotatable bonds is 6. The van der Waals surface area contributed by atoms with Crippen LogP contribution in [0.4, 0.5) is 0 Å². The second-order valence-electron chi connectivity index (χ2n) is 6.72. The van der Waals surface area contributed by atoms with E-state index in [0.29, 0.717) is 27.3 Å². The van der Waals surface area contributed by atoms with E-state index in [1.807, 2.05) is 18.2 Å². The number of phenols is 2. The van der Waals surface area contributed by atoms with E-state index in [0.717, 1.165) is 11.8 Å². The fraction of sp³-hybridized carbons (Fsp3) is 0.0435. The summed E-state index contributed by atoms with van der Waals surface area (Å²) in [5, 5.41) is 23.6. The van der Waals surface area contributed by atoms with Crippen LogP contribution in [0.5, 0.6) is 11.5 Å². The second kappa shape index (κ2) is 9.36. The number of carbonyl (C=O) groups is 1. The van der Waals surface area contributed by atoms with Gasteiger partial charge in [-0.15, -0.1) is 0 Å². The first-order valence-electron chi connectivity index (χ1n) is 9.57. The molecule has 0 spiro atoms. The predicted molar refractivity (Wildman–Crippen MR) is 124 cm³/mol. The minimum atomic E-state index is -0.392. The molecule has 4 aromatic rings. The van der Waals surface area contributed by atoms with Crippen molar-refractivity contribution in [1.29, 1.82) is 0 Å². The molecule has 0 unspecified atom stereocenters. The molecule has 0 radical (unpaired) electrons. The van der Waals surface area contributed by atoms with Gasteiger partial charge in [0.25, 0.3) is 11.5 Å². The van der Waals surface area contributed by atoms with E-state index in [-0.39, 0.29) is 22.8 Å². The molecule has 8 nitrogen and oxygen atoms in total. The largest absolute Gasteiger partial charge is 0.504 e. The number of para-hydroxylation sites is 2. The van der Waals surface area contributed by atoms with Crippen molar-refractivity contribution in [2.24, 2.45) is 5.10 Å². The SMILES string of the molecule is O=C(CSc1nc2ccccc2c(=O)n1-c1ccccc1)NN=Cc1ccc(O)c(O)c1. The number of thioether (sulfide) groups is 1. The van der Waals surface area contributed by atoms with Gasteiger partial charge in [-0.3, -0.25) is 14.2 Å². The van der Waals surface area contributed by atoms with Gasteiger partial charge in [-0.1, -0.05) is 42.1 Å². The van der Waals surface area contributed by atoms with Crippen LogP contribution in [0.2, 0.25) is 0 Å². The van der Waals surface area contributed by atoms with Gasteiger partial charge in [-0.2, -0.15) is 5.10 Å². The summed E-state index contributed by atoms with van der Waals surface area (Å²) in [6, 6.07) is 20.4. The zero-order valence-corrected chi connectivity index (χ0v) is 17.5. The number of carbonyl (C=O) groups excluding carboxylic acids is 1. The number of phenolic OH excluding ortho intramolecular Hbond substituents is 2. The van der Waals surface area contributed by atoms with Crippen LogP contribution in [0.25, 0.3) is 16.6 Å². The topological polar surface area (TPSA) is 117 Å². The van der Waals surface area contributed by atoms with E-state index in [4.69, 9.17) is 0 Å². The molecule has 0 fully saturated rings.